The zero-order valence-corrected chi connectivity index (χ0v) is 13.0. The first-order valence-corrected chi connectivity index (χ1v) is 7.46. The summed E-state index contributed by atoms with van der Waals surface area (Å²) in [6.07, 6.45) is -0.0243. The highest BCUT2D eigenvalue weighted by atomic mass is 35.5. The van der Waals surface area contributed by atoms with Gasteiger partial charge in [0.1, 0.15) is 11.9 Å². The Morgan fingerprint density at radius 1 is 1.38 bits per heavy atom. The van der Waals surface area contributed by atoms with E-state index in [1.54, 1.807) is 30.3 Å². The molecule has 2 N–H and O–H groups in total. The van der Waals surface area contributed by atoms with Gasteiger partial charge in [0.05, 0.1) is 22.2 Å². The fraction of sp³-hybridized carbons (Fsp3) is 0.118. The Labute approximate surface area is 142 Å². The van der Waals surface area contributed by atoms with Gasteiger partial charge in [0.25, 0.3) is 0 Å². The van der Waals surface area contributed by atoms with Crippen molar-refractivity contribution in [3.8, 4) is 6.07 Å². The predicted molar refractivity (Wildman–Crippen MR) is 87.2 cm³/mol. The summed E-state index contributed by atoms with van der Waals surface area (Å²) >= 11 is 5.94. The Kier molecular flexibility index (Phi) is 4.19. The third-order valence-electron chi connectivity index (χ3n) is 3.74. The van der Waals surface area contributed by atoms with E-state index in [4.69, 9.17) is 16.9 Å². The molecule has 3 rings (SSSR count). The van der Waals surface area contributed by atoms with Crippen LogP contribution in [0.3, 0.4) is 0 Å². The maximum absolute atomic E-state index is 13.3. The van der Waals surface area contributed by atoms with E-state index in [0.29, 0.717) is 11.3 Å². The van der Waals surface area contributed by atoms with Crippen molar-refractivity contribution in [2.45, 2.75) is 12.3 Å². The molecule has 120 valence electrons. The van der Waals surface area contributed by atoms with Gasteiger partial charge in [-0.15, -0.1) is 0 Å². The monoisotopic (exact) mass is 343 g/mol. The number of nitrogens with one attached hydrogen (secondary N) is 2. The molecule has 0 aromatic heterocycles. The van der Waals surface area contributed by atoms with Crippen molar-refractivity contribution in [2.75, 3.05) is 10.6 Å². The van der Waals surface area contributed by atoms with Gasteiger partial charge in [-0.25, -0.2) is 4.39 Å². The van der Waals surface area contributed by atoms with Gasteiger partial charge in [0.2, 0.25) is 11.8 Å². The molecule has 24 heavy (non-hydrogen) atoms. The van der Waals surface area contributed by atoms with E-state index in [9.17, 15) is 14.0 Å². The van der Waals surface area contributed by atoms with Crippen LogP contribution in [-0.2, 0) is 9.59 Å². The number of nitriles is 1. The number of fused-ring (bicyclic) bond motifs is 1. The molecule has 0 saturated heterocycles. The van der Waals surface area contributed by atoms with Crippen LogP contribution in [0, 0.1) is 17.1 Å². The molecule has 1 heterocycles. The van der Waals surface area contributed by atoms with E-state index in [0.717, 1.165) is 12.1 Å². The molecule has 1 aliphatic heterocycles. The Hall–Kier alpha value is -2.91. The molecule has 7 heteroatoms. The molecule has 2 amide bonds. The summed E-state index contributed by atoms with van der Waals surface area (Å²) in [7, 11) is 0. The van der Waals surface area contributed by atoms with Crippen molar-refractivity contribution in [3.05, 3.63) is 58.4 Å². The second kappa shape index (κ2) is 6.30. The standard InChI is InChI=1S/C17H11ClFN3O2/c18-13-6-10(19)5-9(8-20)16(13)22-17(24)12-7-15(23)21-14-4-2-1-3-11(12)14/h1-6,12H,7H2,(H,21,23)(H,22,24)/t12-/m0/s1. The number of benzene rings is 2. The molecule has 0 fully saturated rings. The molecule has 2 aromatic rings. The molecular weight excluding hydrogens is 333 g/mol. The number of rotatable bonds is 2. The molecular formula is C17H11ClFN3O2. The second-order valence-corrected chi connectivity index (χ2v) is 5.71. The van der Waals surface area contributed by atoms with Crippen molar-refractivity contribution in [2.24, 2.45) is 0 Å². The summed E-state index contributed by atoms with van der Waals surface area (Å²) < 4.78 is 13.3. The first kappa shape index (κ1) is 16.0. The average Bonchev–Trinajstić information content (AvgIpc) is 2.56. The van der Waals surface area contributed by atoms with E-state index >= 15 is 0 Å². The number of amides is 2. The minimum absolute atomic E-state index is 0.0243. The number of para-hydroxylation sites is 1. The third kappa shape index (κ3) is 2.94. The fourth-order valence-electron chi connectivity index (χ4n) is 2.64. The van der Waals surface area contributed by atoms with Crippen LogP contribution in [0.2, 0.25) is 5.02 Å². The van der Waals surface area contributed by atoms with Crippen LogP contribution in [-0.4, -0.2) is 11.8 Å². The minimum atomic E-state index is -0.720. The Morgan fingerprint density at radius 2 is 2.12 bits per heavy atom. The summed E-state index contributed by atoms with van der Waals surface area (Å²) in [6, 6.07) is 10.8. The van der Waals surface area contributed by atoms with E-state index in [1.165, 1.54) is 0 Å². The van der Waals surface area contributed by atoms with Gasteiger partial charge in [-0.3, -0.25) is 9.59 Å². The maximum Gasteiger partial charge on any atom is 0.232 e. The summed E-state index contributed by atoms with van der Waals surface area (Å²) in [4.78, 5) is 24.4. The number of anilines is 2. The molecule has 2 aromatic carbocycles. The molecule has 1 atom stereocenters. The smallest absolute Gasteiger partial charge is 0.232 e. The number of halogens is 2. The van der Waals surface area contributed by atoms with Crippen LogP contribution < -0.4 is 10.6 Å². The van der Waals surface area contributed by atoms with Crippen LogP contribution >= 0.6 is 11.6 Å². The Morgan fingerprint density at radius 3 is 2.88 bits per heavy atom. The number of hydrogen-bond donors (Lipinski definition) is 2. The molecule has 5 nitrogen and oxygen atoms in total. The highest BCUT2D eigenvalue weighted by Crippen LogP contribution is 2.34. The second-order valence-electron chi connectivity index (χ2n) is 5.30. The SMILES string of the molecule is N#Cc1cc(F)cc(Cl)c1NC(=O)[C@H]1CC(=O)Nc2ccccc21. The highest BCUT2D eigenvalue weighted by Gasteiger charge is 2.31. The van der Waals surface area contributed by atoms with Crippen LogP contribution in [0.25, 0.3) is 0 Å². The first-order chi connectivity index (χ1) is 11.5. The van der Waals surface area contributed by atoms with Crippen molar-refractivity contribution < 1.29 is 14.0 Å². The molecule has 0 radical (unpaired) electrons. The lowest BCUT2D eigenvalue weighted by molar-refractivity contribution is -0.123. The number of nitrogens with zero attached hydrogens (tertiary/aromatic N) is 1. The van der Waals surface area contributed by atoms with Gasteiger partial charge in [-0.1, -0.05) is 29.8 Å². The van der Waals surface area contributed by atoms with E-state index in [1.807, 2.05) is 0 Å². The summed E-state index contributed by atoms with van der Waals surface area (Å²) in [5.41, 5.74) is 1.20. The lowest BCUT2D eigenvalue weighted by atomic mass is 9.89. The minimum Gasteiger partial charge on any atom is -0.326 e. The maximum atomic E-state index is 13.3. The lowest BCUT2D eigenvalue weighted by Crippen LogP contribution is -2.31. The van der Waals surface area contributed by atoms with Crippen molar-refractivity contribution in [1.82, 2.24) is 0 Å². The molecule has 0 aliphatic carbocycles. The normalized spacial score (nSPS) is 15.9. The van der Waals surface area contributed by atoms with Crippen LogP contribution in [0.5, 0.6) is 0 Å². The van der Waals surface area contributed by atoms with Crippen LogP contribution in [0.4, 0.5) is 15.8 Å². The number of carbonyl (C=O) groups excluding carboxylic acids is 2. The van der Waals surface area contributed by atoms with Crippen molar-refractivity contribution in [3.63, 3.8) is 0 Å². The molecule has 0 saturated carbocycles. The van der Waals surface area contributed by atoms with Gasteiger partial charge in [0.15, 0.2) is 0 Å². The van der Waals surface area contributed by atoms with Crippen LogP contribution in [0.15, 0.2) is 36.4 Å². The molecule has 0 spiro atoms. The topological polar surface area (TPSA) is 82.0 Å². The molecule has 1 aliphatic rings. The van der Waals surface area contributed by atoms with E-state index in [-0.39, 0.29) is 28.6 Å². The molecule has 0 bridgehead atoms. The van der Waals surface area contributed by atoms with E-state index in [2.05, 4.69) is 10.6 Å². The average molecular weight is 344 g/mol. The van der Waals surface area contributed by atoms with Gasteiger partial charge in [-0.2, -0.15) is 5.26 Å². The van der Waals surface area contributed by atoms with Gasteiger partial charge < -0.3 is 10.6 Å². The third-order valence-corrected chi connectivity index (χ3v) is 4.04. The van der Waals surface area contributed by atoms with Gasteiger partial charge in [-0.05, 0) is 23.8 Å². The lowest BCUT2D eigenvalue weighted by Gasteiger charge is -2.25. The summed E-state index contributed by atoms with van der Waals surface area (Å²) in [6.45, 7) is 0. The quantitative estimate of drug-likeness (QED) is 0.876. The number of carbonyl (C=O) groups is 2. The Bertz CT molecular complexity index is 892. The largest absolute Gasteiger partial charge is 0.326 e. The van der Waals surface area contributed by atoms with Crippen LogP contribution in [0.1, 0.15) is 23.5 Å². The first-order valence-electron chi connectivity index (χ1n) is 7.08. The summed E-state index contributed by atoms with van der Waals surface area (Å²) in [5.74, 6) is -2.15. The molecule has 0 unspecified atom stereocenters. The van der Waals surface area contributed by atoms with E-state index < -0.39 is 17.6 Å². The Balaban J connectivity index is 1.95. The van der Waals surface area contributed by atoms with Gasteiger partial charge in [0, 0.05) is 12.1 Å². The fourth-order valence-corrected chi connectivity index (χ4v) is 2.90. The highest BCUT2D eigenvalue weighted by molar-refractivity contribution is 6.34. The number of hydrogen-bond acceptors (Lipinski definition) is 3. The predicted octanol–water partition coefficient (Wildman–Crippen LogP) is 3.42. The van der Waals surface area contributed by atoms with Crippen molar-refractivity contribution >= 4 is 34.8 Å². The summed E-state index contributed by atoms with van der Waals surface area (Å²) in [5, 5.41) is 14.3. The van der Waals surface area contributed by atoms with Gasteiger partial charge >= 0.3 is 0 Å². The zero-order chi connectivity index (χ0) is 17.3. The van der Waals surface area contributed by atoms with Crippen molar-refractivity contribution in [1.29, 1.82) is 5.26 Å². The zero-order valence-electron chi connectivity index (χ0n) is 12.3.